The number of nitrogens with zero attached hydrogens (tertiary/aromatic N) is 3. The maximum absolute atomic E-state index is 12.7. The normalized spacial score (nSPS) is 15.9. The van der Waals surface area contributed by atoms with Crippen LogP contribution in [0.1, 0.15) is 22.1 Å². The SMILES string of the molecule is O=C(NC[C@@H](c1ccccn1)N1CCOCC1)c1ccc(-c2ccn[nH]2)cc1. The number of morpholine rings is 1. The first kappa shape index (κ1) is 18.3. The van der Waals surface area contributed by atoms with Gasteiger partial charge >= 0.3 is 0 Å². The number of benzene rings is 1. The number of hydrogen-bond acceptors (Lipinski definition) is 5. The Labute approximate surface area is 163 Å². The van der Waals surface area contributed by atoms with Crippen molar-refractivity contribution < 1.29 is 9.53 Å². The van der Waals surface area contributed by atoms with Crippen molar-refractivity contribution in [3.8, 4) is 11.3 Å². The quantitative estimate of drug-likeness (QED) is 0.689. The first-order chi connectivity index (χ1) is 13.8. The average Bonchev–Trinajstić information content (AvgIpc) is 3.30. The molecule has 1 aliphatic heterocycles. The van der Waals surface area contributed by atoms with Crippen LogP contribution < -0.4 is 5.32 Å². The van der Waals surface area contributed by atoms with Crippen LogP contribution >= 0.6 is 0 Å². The lowest BCUT2D eigenvalue weighted by molar-refractivity contribution is 0.0154. The van der Waals surface area contributed by atoms with Gasteiger partial charge in [0.05, 0.1) is 30.6 Å². The van der Waals surface area contributed by atoms with Crippen LogP contribution in [0.25, 0.3) is 11.3 Å². The lowest BCUT2D eigenvalue weighted by Crippen LogP contribution is -2.44. The molecule has 1 saturated heterocycles. The van der Waals surface area contributed by atoms with Crippen molar-refractivity contribution in [2.75, 3.05) is 32.8 Å². The first-order valence-corrected chi connectivity index (χ1v) is 9.42. The number of aromatic amines is 1. The lowest BCUT2D eigenvalue weighted by Gasteiger charge is -2.34. The van der Waals surface area contributed by atoms with E-state index >= 15 is 0 Å². The van der Waals surface area contributed by atoms with E-state index in [-0.39, 0.29) is 11.9 Å². The van der Waals surface area contributed by atoms with E-state index in [9.17, 15) is 4.79 Å². The van der Waals surface area contributed by atoms with Crippen LogP contribution in [0.3, 0.4) is 0 Å². The predicted octanol–water partition coefficient (Wildman–Crippen LogP) is 2.27. The Hall–Kier alpha value is -3.03. The van der Waals surface area contributed by atoms with E-state index in [1.807, 2.05) is 48.5 Å². The van der Waals surface area contributed by atoms with Crippen LogP contribution in [-0.2, 0) is 4.74 Å². The topological polar surface area (TPSA) is 83.1 Å². The van der Waals surface area contributed by atoms with Gasteiger partial charge in [-0.05, 0) is 35.9 Å². The Morgan fingerprint density at radius 2 is 1.93 bits per heavy atom. The highest BCUT2D eigenvalue weighted by atomic mass is 16.5. The summed E-state index contributed by atoms with van der Waals surface area (Å²) in [7, 11) is 0. The third-order valence-electron chi connectivity index (χ3n) is 4.93. The summed E-state index contributed by atoms with van der Waals surface area (Å²) in [6.07, 6.45) is 3.50. The molecular weight excluding hydrogens is 354 g/mol. The van der Waals surface area contributed by atoms with Gasteiger partial charge in [0, 0.05) is 37.6 Å². The van der Waals surface area contributed by atoms with Crippen molar-refractivity contribution in [2.24, 2.45) is 0 Å². The molecule has 0 saturated carbocycles. The Bertz CT molecular complexity index is 875. The number of rotatable bonds is 6. The number of hydrogen-bond donors (Lipinski definition) is 2. The van der Waals surface area contributed by atoms with Gasteiger partial charge in [0.2, 0.25) is 0 Å². The maximum atomic E-state index is 12.7. The highest BCUT2D eigenvalue weighted by Crippen LogP contribution is 2.20. The minimum absolute atomic E-state index is 0.0262. The van der Waals surface area contributed by atoms with Crippen molar-refractivity contribution in [2.45, 2.75) is 6.04 Å². The molecular formula is C21H23N5O2. The van der Waals surface area contributed by atoms with Crippen LogP contribution in [0.4, 0.5) is 0 Å². The van der Waals surface area contributed by atoms with Gasteiger partial charge in [0.25, 0.3) is 5.91 Å². The summed E-state index contributed by atoms with van der Waals surface area (Å²) in [5.41, 5.74) is 3.51. The third-order valence-corrected chi connectivity index (χ3v) is 4.93. The number of carbonyl (C=O) groups is 1. The Balaban J connectivity index is 1.43. The minimum atomic E-state index is -0.0923. The van der Waals surface area contributed by atoms with Gasteiger partial charge in [-0.2, -0.15) is 5.10 Å². The highest BCUT2D eigenvalue weighted by molar-refractivity contribution is 5.94. The molecule has 0 spiro atoms. The fourth-order valence-corrected chi connectivity index (χ4v) is 3.39. The van der Waals surface area contributed by atoms with Gasteiger partial charge in [-0.1, -0.05) is 18.2 Å². The molecule has 0 radical (unpaired) electrons. The van der Waals surface area contributed by atoms with E-state index in [0.717, 1.165) is 30.0 Å². The molecule has 1 amide bonds. The molecule has 1 aliphatic rings. The second-order valence-electron chi connectivity index (χ2n) is 6.68. The third kappa shape index (κ3) is 4.27. The van der Waals surface area contributed by atoms with Gasteiger partial charge in [0.1, 0.15) is 0 Å². The molecule has 0 aliphatic carbocycles. The summed E-state index contributed by atoms with van der Waals surface area (Å²) in [6.45, 7) is 3.56. The largest absolute Gasteiger partial charge is 0.379 e. The second kappa shape index (κ2) is 8.77. The molecule has 1 atom stereocenters. The molecule has 7 nitrogen and oxygen atoms in total. The Morgan fingerprint density at radius 3 is 2.61 bits per heavy atom. The number of amides is 1. The number of carbonyl (C=O) groups excluding carboxylic acids is 1. The molecule has 2 aromatic heterocycles. The van der Waals surface area contributed by atoms with E-state index in [2.05, 4.69) is 25.4 Å². The number of ether oxygens (including phenoxy) is 1. The molecule has 0 unspecified atom stereocenters. The maximum Gasteiger partial charge on any atom is 0.251 e. The summed E-state index contributed by atoms with van der Waals surface area (Å²) < 4.78 is 5.47. The highest BCUT2D eigenvalue weighted by Gasteiger charge is 2.24. The van der Waals surface area contributed by atoms with Gasteiger partial charge in [-0.15, -0.1) is 0 Å². The van der Waals surface area contributed by atoms with E-state index in [0.29, 0.717) is 25.3 Å². The van der Waals surface area contributed by atoms with Gasteiger partial charge in [0.15, 0.2) is 0 Å². The molecule has 7 heteroatoms. The van der Waals surface area contributed by atoms with Crippen LogP contribution in [0.15, 0.2) is 60.9 Å². The Kier molecular flexibility index (Phi) is 5.75. The van der Waals surface area contributed by atoms with Gasteiger partial charge < -0.3 is 10.1 Å². The van der Waals surface area contributed by atoms with Crippen LogP contribution in [0.5, 0.6) is 0 Å². The molecule has 3 heterocycles. The number of nitrogens with one attached hydrogen (secondary N) is 2. The molecule has 1 fully saturated rings. The lowest BCUT2D eigenvalue weighted by atomic mass is 10.1. The predicted molar refractivity (Wildman–Crippen MR) is 106 cm³/mol. The summed E-state index contributed by atoms with van der Waals surface area (Å²) in [5, 5.41) is 9.95. The van der Waals surface area contributed by atoms with Crippen LogP contribution in [0, 0.1) is 0 Å². The van der Waals surface area contributed by atoms with E-state index in [1.54, 1.807) is 12.4 Å². The van der Waals surface area contributed by atoms with E-state index < -0.39 is 0 Å². The molecule has 144 valence electrons. The summed E-state index contributed by atoms with van der Waals surface area (Å²) in [4.78, 5) is 19.5. The fourth-order valence-electron chi connectivity index (χ4n) is 3.39. The zero-order valence-corrected chi connectivity index (χ0v) is 15.5. The van der Waals surface area contributed by atoms with E-state index in [1.165, 1.54) is 0 Å². The van der Waals surface area contributed by atoms with Crippen molar-refractivity contribution in [1.82, 2.24) is 25.4 Å². The smallest absolute Gasteiger partial charge is 0.251 e. The number of H-pyrrole nitrogens is 1. The molecule has 3 aromatic rings. The number of aromatic nitrogens is 3. The first-order valence-electron chi connectivity index (χ1n) is 9.42. The van der Waals surface area contributed by atoms with Crippen molar-refractivity contribution in [3.05, 3.63) is 72.2 Å². The second-order valence-corrected chi connectivity index (χ2v) is 6.68. The average molecular weight is 377 g/mol. The minimum Gasteiger partial charge on any atom is -0.379 e. The van der Waals surface area contributed by atoms with E-state index in [4.69, 9.17) is 4.74 Å². The summed E-state index contributed by atoms with van der Waals surface area (Å²) in [6, 6.07) is 15.3. The molecule has 0 bridgehead atoms. The number of pyridine rings is 1. The fraction of sp³-hybridized carbons (Fsp3) is 0.286. The monoisotopic (exact) mass is 377 g/mol. The van der Waals surface area contributed by atoms with Crippen molar-refractivity contribution in [3.63, 3.8) is 0 Å². The zero-order chi connectivity index (χ0) is 19.2. The molecule has 2 N–H and O–H groups in total. The zero-order valence-electron chi connectivity index (χ0n) is 15.5. The van der Waals surface area contributed by atoms with Gasteiger partial charge in [-0.25, -0.2) is 0 Å². The molecule has 1 aromatic carbocycles. The van der Waals surface area contributed by atoms with Crippen molar-refractivity contribution in [1.29, 1.82) is 0 Å². The molecule has 28 heavy (non-hydrogen) atoms. The van der Waals surface area contributed by atoms with Crippen molar-refractivity contribution >= 4 is 5.91 Å². The Morgan fingerprint density at radius 1 is 1.11 bits per heavy atom. The summed E-state index contributed by atoms with van der Waals surface area (Å²) in [5.74, 6) is -0.0923. The van der Waals surface area contributed by atoms with Gasteiger partial charge in [-0.3, -0.25) is 19.8 Å². The molecule has 4 rings (SSSR count). The van der Waals surface area contributed by atoms with Crippen LogP contribution in [-0.4, -0.2) is 58.8 Å². The van der Waals surface area contributed by atoms with Crippen LogP contribution in [0.2, 0.25) is 0 Å². The summed E-state index contributed by atoms with van der Waals surface area (Å²) >= 11 is 0. The standard InChI is InChI=1S/C21H23N5O2/c27-21(17-6-4-16(5-7-17)18-8-10-24-25-18)23-15-20(19-3-1-2-9-22-19)26-11-13-28-14-12-26/h1-10,20H,11-15H2,(H,23,27)(H,24,25)/t20-/m0/s1.